The van der Waals surface area contributed by atoms with E-state index in [4.69, 9.17) is 0 Å². The molecule has 0 bridgehead atoms. The van der Waals surface area contributed by atoms with Crippen molar-refractivity contribution in [3.63, 3.8) is 0 Å². The van der Waals surface area contributed by atoms with E-state index in [2.05, 4.69) is 138 Å². The molecule has 226 valence electrons. The normalized spacial score (nSPS) is 19.2. The van der Waals surface area contributed by atoms with E-state index in [0.717, 1.165) is 32.5 Å². The van der Waals surface area contributed by atoms with Gasteiger partial charge < -0.3 is 10.6 Å². The number of hydrogen-bond donors (Lipinski definition) is 2. The summed E-state index contributed by atoms with van der Waals surface area (Å²) >= 11 is 0. The third-order valence-corrected chi connectivity index (χ3v) is 9.67. The Morgan fingerprint density at radius 1 is 0.721 bits per heavy atom. The molecule has 2 atom stereocenters. The summed E-state index contributed by atoms with van der Waals surface area (Å²) in [6.45, 7) is 2.99. The van der Waals surface area contributed by atoms with E-state index in [1.165, 1.54) is 59.9 Å². The van der Waals surface area contributed by atoms with Crippen LogP contribution in [0.15, 0.2) is 121 Å². The first-order valence-electron chi connectivity index (χ1n) is 15.7. The van der Waals surface area contributed by atoms with Crippen molar-refractivity contribution in [2.75, 3.05) is 13.1 Å². The molecule has 1 aliphatic heterocycles. The van der Waals surface area contributed by atoms with Gasteiger partial charge >= 0.3 is 0 Å². The third-order valence-electron chi connectivity index (χ3n) is 9.67. The number of halogens is 2. The van der Waals surface area contributed by atoms with Crippen LogP contribution in [0.4, 0.5) is 0 Å². The summed E-state index contributed by atoms with van der Waals surface area (Å²) in [6, 6.07) is 42.4. The molecule has 1 spiro atoms. The molecular weight excluding hydrogens is 567 g/mol. The Morgan fingerprint density at radius 3 is 2.00 bits per heavy atom. The molecule has 6 rings (SSSR count). The summed E-state index contributed by atoms with van der Waals surface area (Å²) in [6.07, 6.45) is 13.3. The van der Waals surface area contributed by atoms with Crippen LogP contribution in [0, 0.1) is 0 Å². The Bertz CT molecular complexity index is 1360. The number of benzene rings is 4. The maximum Gasteiger partial charge on any atom is 0.0437 e. The van der Waals surface area contributed by atoms with Crippen LogP contribution in [0.2, 0.25) is 0 Å². The maximum absolute atomic E-state index is 4.00. The van der Waals surface area contributed by atoms with Crippen molar-refractivity contribution in [1.82, 2.24) is 10.6 Å². The van der Waals surface area contributed by atoms with Gasteiger partial charge in [0.2, 0.25) is 0 Å². The van der Waals surface area contributed by atoms with Gasteiger partial charge in [0.15, 0.2) is 0 Å². The van der Waals surface area contributed by atoms with Crippen molar-refractivity contribution in [2.24, 2.45) is 0 Å². The average molecular weight is 614 g/mol. The minimum Gasteiger partial charge on any atom is -0.313 e. The smallest absolute Gasteiger partial charge is 0.0437 e. The molecule has 43 heavy (non-hydrogen) atoms. The van der Waals surface area contributed by atoms with Gasteiger partial charge in [-0.2, -0.15) is 0 Å². The highest BCUT2D eigenvalue weighted by atomic mass is 35.5. The SMILES string of the molecule is C1=CC2(CCCCN2)C(CCCC(CCNCc2ccccc2)(c2ccccc2)c2ccccc2)c2ccccc21.Cl.Cl. The predicted octanol–water partition coefficient (Wildman–Crippen LogP) is 9.49. The Kier molecular flexibility index (Phi) is 12.1. The maximum atomic E-state index is 4.00. The van der Waals surface area contributed by atoms with Gasteiger partial charge in [-0.1, -0.05) is 140 Å². The zero-order valence-corrected chi connectivity index (χ0v) is 26.7. The fourth-order valence-corrected chi connectivity index (χ4v) is 7.54. The van der Waals surface area contributed by atoms with Crippen LogP contribution in [-0.2, 0) is 12.0 Å². The quantitative estimate of drug-likeness (QED) is 0.165. The van der Waals surface area contributed by atoms with E-state index in [1.54, 1.807) is 0 Å². The van der Waals surface area contributed by atoms with Crippen molar-refractivity contribution >= 4 is 30.9 Å². The third kappa shape index (κ3) is 7.44. The second-order valence-electron chi connectivity index (χ2n) is 12.1. The second-order valence-corrected chi connectivity index (χ2v) is 12.1. The Labute approximate surface area is 271 Å². The highest BCUT2D eigenvalue weighted by Gasteiger charge is 2.41. The van der Waals surface area contributed by atoms with Crippen molar-refractivity contribution < 1.29 is 0 Å². The topological polar surface area (TPSA) is 24.1 Å². The van der Waals surface area contributed by atoms with Crippen LogP contribution in [0.1, 0.15) is 78.7 Å². The average Bonchev–Trinajstić information content (AvgIpc) is 3.05. The molecular formula is C39H46Cl2N2. The first kappa shape index (κ1) is 33.0. The van der Waals surface area contributed by atoms with Crippen LogP contribution >= 0.6 is 24.8 Å². The fraction of sp³-hybridized carbons (Fsp3) is 0.333. The van der Waals surface area contributed by atoms with Gasteiger partial charge in [-0.05, 0) is 73.0 Å². The number of hydrogen-bond acceptors (Lipinski definition) is 2. The highest BCUT2D eigenvalue weighted by molar-refractivity contribution is 5.85. The molecule has 4 aromatic carbocycles. The summed E-state index contributed by atoms with van der Waals surface area (Å²) in [5.74, 6) is 0.504. The monoisotopic (exact) mass is 612 g/mol. The lowest BCUT2D eigenvalue weighted by molar-refractivity contribution is 0.246. The molecule has 1 saturated heterocycles. The summed E-state index contributed by atoms with van der Waals surface area (Å²) < 4.78 is 0. The zero-order valence-electron chi connectivity index (χ0n) is 25.1. The Balaban J connectivity index is 0.00000212. The number of nitrogens with one attached hydrogen (secondary N) is 2. The van der Waals surface area contributed by atoms with Gasteiger partial charge in [0, 0.05) is 23.4 Å². The molecule has 0 saturated carbocycles. The van der Waals surface area contributed by atoms with Crippen LogP contribution in [0.3, 0.4) is 0 Å². The van der Waals surface area contributed by atoms with Gasteiger partial charge in [0.05, 0.1) is 0 Å². The van der Waals surface area contributed by atoms with Crippen molar-refractivity contribution in [3.05, 3.63) is 149 Å². The number of piperidine rings is 1. The minimum absolute atomic E-state index is 0. The second kappa shape index (κ2) is 15.7. The molecule has 2 unspecified atom stereocenters. The van der Waals surface area contributed by atoms with E-state index < -0.39 is 0 Å². The lowest BCUT2D eigenvalue weighted by atomic mass is 9.65. The predicted molar refractivity (Wildman–Crippen MR) is 188 cm³/mol. The summed E-state index contributed by atoms with van der Waals surface area (Å²) in [4.78, 5) is 0. The largest absolute Gasteiger partial charge is 0.313 e. The van der Waals surface area contributed by atoms with Crippen LogP contribution in [0.25, 0.3) is 6.08 Å². The van der Waals surface area contributed by atoms with Crippen LogP contribution < -0.4 is 10.6 Å². The first-order valence-corrected chi connectivity index (χ1v) is 15.7. The van der Waals surface area contributed by atoms with Crippen LogP contribution in [0.5, 0.6) is 0 Å². The van der Waals surface area contributed by atoms with E-state index in [9.17, 15) is 0 Å². The molecule has 2 aliphatic rings. The summed E-state index contributed by atoms with van der Waals surface area (Å²) in [5, 5.41) is 7.77. The highest BCUT2D eigenvalue weighted by Crippen LogP contribution is 2.46. The zero-order chi connectivity index (χ0) is 27.8. The van der Waals surface area contributed by atoms with Crippen molar-refractivity contribution in [2.45, 2.75) is 68.4 Å². The Hall–Kier alpha value is -2.88. The molecule has 2 nitrogen and oxygen atoms in total. The molecule has 0 amide bonds. The summed E-state index contributed by atoms with van der Waals surface area (Å²) in [5.41, 5.74) is 7.18. The molecule has 2 N–H and O–H groups in total. The van der Waals surface area contributed by atoms with Gasteiger partial charge in [-0.15, -0.1) is 24.8 Å². The molecule has 4 heteroatoms. The number of fused-ring (bicyclic) bond motifs is 1. The standard InChI is InChI=1S/C39H44N2.2ClH/c1-4-15-32(16-5-1)31-40-30-28-38(34-18-6-2-7-19-34,35-20-8-3-9-21-35)25-14-23-37-36-22-11-10-17-33(36)24-27-39(37)26-12-13-29-41-39;;/h1-11,15-22,24,27,37,40-41H,12-14,23,25-26,28-31H2;2*1H. The van der Waals surface area contributed by atoms with Crippen LogP contribution in [-0.4, -0.2) is 18.6 Å². The van der Waals surface area contributed by atoms with E-state index in [1.807, 2.05) is 0 Å². The van der Waals surface area contributed by atoms with Gasteiger partial charge in [0.1, 0.15) is 0 Å². The van der Waals surface area contributed by atoms with Gasteiger partial charge in [-0.25, -0.2) is 0 Å². The Morgan fingerprint density at radius 2 is 1.35 bits per heavy atom. The lowest BCUT2D eigenvalue weighted by Crippen LogP contribution is -2.52. The van der Waals surface area contributed by atoms with E-state index >= 15 is 0 Å². The molecule has 0 radical (unpaired) electrons. The first-order chi connectivity index (χ1) is 20.3. The molecule has 1 heterocycles. The van der Waals surface area contributed by atoms with Gasteiger partial charge in [0.25, 0.3) is 0 Å². The summed E-state index contributed by atoms with van der Waals surface area (Å²) in [7, 11) is 0. The molecule has 1 aliphatic carbocycles. The van der Waals surface area contributed by atoms with E-state index in [-0.39, 0.29) is 35.8 Å². The number of rotatable bonds is 11. The minimum atomic E-state index is -0.0383. The lowest BCUT2D eigenvalue weighted by Gasteiger charge is -2.46. The van der Waals surface area contributed by atoms with Crippen molar-refractivity contribution in [3.8, 4) is 0 Å². The van der Waals surface area contributed by atoms with Crippen molar-refractivity contribution in [1.29, 1.82) is 0 Å². The molecule has 4 aromatic rings. The fourth-order valence-electron chi connectivity index (χ4n) is 7.54. The van der Waals surface area contributed by atoms with E-state index in [0.29, 0.717) is 5.92 Å². The molecule has 1 fully saturated rings. The molecule has 0 aromatic heterocycles. The van der Waals surface area contributed by atoms with Gasteiger partial charge in [-0.3, -0.25) is 0 Å².